The Labute approximate surface area is 122 Å². The van der Waals surface area contributed by atoms with Crippen molar-refractivity contribution < 1.29 is 19.4 Å². The number of benzene rings is 1. The highest BCUT2D eigenvalue weighted by molar-refractivity contribution is 5.88. The van der Waals surface area contributed by atoms with Gasteiger partial charge in [-0.1, -0.05) is 0 Å². The molecule has 21 heavy (non-hydrogen) atoms. The van der Waals surface area contributed by atoms with Gasteiger partial charge < -0.3 is 19.1 Å². The van der Waals surface area contributed by atoms with Crippen LogP contribution in [0.15, 0.2) is 30.6 Å². The molecule has 0 aliphatic heterocycles. The van der Waals surface area contributed by atoms with Crippen LogP contribution in [0.5, 0.6) is 11.5 Å². The van der Waals surface area contributed by atoms with Gasteiger partial charge in [0.1, 0.15) is 5.82 Å². The molecule has 0 amide bonds. The first-order valence-corrected chi connectivity index (χ1v) is 6.71. The second-order valence-corrected chi connectivity index (χ2v) is 4.45. The smallest absolute Gasteiger partial charge is 0.335 e. The quantitative estimate of drug-likeness (QED) is 0.845. The molecule has 0 spiro atoms. The molecule has 0 unspecified atom stereocenters. The highest BCUT2D eigenvalue weighted by Gasteiger charge is 2.11. The standard InChI is InChI=1S/C15H18N2O4/c1-3-20-13-10-11(15(18)19)4-5-12(13)21-9-6-14-16-7-8-17(14)2/h4-5,7-8,10H,3,6,9H2,1-2H3,(H,18,19). The molecule has 1 heterocycles. The monoisotopic (exact) mass is 290 g/mol. The van der Waals surface area contributed by atoms with Crippen molar-refractivity contribution in [3.63, 3.8) is 0 Å². The average molecular weight is 290 g/mol. The number of hydrogen-bond acceptors (Lipinski definition) is 4. The number of carbonyl (C=O) groups is 1. The molecule has 0 saturated heterocycles. The van der Waals surface area contributed by atoms with Crippen molar-refractivity contribution in [2.24, 2.45) is 7.05 Å². The number of ether oxygens (including phenoxy) is 2. The molecule has 6 heteroatoms. The van der Waals surface area contributed by atoms with Crippen molar-refractivity contribution in [3.05, 3.63) is 42.0 Å². The summed E-state index contributed by atoms with van der Waals surface area (Å²) >= 11 is 0. The predicted octanol–water partition coefficient (Wildman–Crippen LogP) is 2.14. The first-order chi connectivity index (χ1) is 10.1. The zero-order valence-corrected chi connectivity index (χ0v) is 12.1. The van der Waals surface area contributed by atoms with E-state index in [1.165, 1.54) is 12.1 Å². The molecule has 0 aliphatic carbocycles. The fourth-order valence-electron chi connectivity index (χ4n) is 1.92. The summed E-state index contributed by atoms with van der Waals surface area (Å²) in [5.74, 6) is 0.916. The molecule has 2 aromatic rings. The SMILES string of the molecule is CCOc1cc(C(=O)O)ccc1OCCc1nccn1C. The third kappa shape index (κ3) is 3.75. The molecule has 6 nitrogen and oxygen atoms in total. The van der Waals surface area contributed by atoms with Crippen molar-refractivity contribution in [3.8, 4) is 11.5 Å². The van der Waals surface area contributed by atoms with E-state index in [-0.39, 0.29) is 5.56 Å². The van der Waals surface area contributed by atoms with Crippen LogP contribution >= 0.6 is 0 Å². The van der Waals surface area contributed by atoms with Gasteiger partial charge in [0.05, 0.1) is 18.8 Å². The number of hydrogen-bond donors (Lipinski definition) is 1. The number of carboxylic acids is 1. The minimum atomic E-state index is -0.990. The second-order valence-electron chi connectivity index (χ2n) is 4.45. The van der Waals surface area contributed by atoms with E-state index in [0.29, 0.717) is 31.1 Å². The fraction of sp³-hybridized carbons (Fsp3) is 0.333. The maximum atomic E-state index is 11.0. The first kappa shape index (κ1) is 14.9. The number of aromatic carboxylic acids is 1. The zero-order chi connectivity index (χ0) is 15.2. The van der Waals surface area contributed by atoms with Crippen LogP contribution in [-0.2, 0) is 13.5 Å². The van der Waals surface area contributed by atoms with Gasteiger partial charge in [0.2, 0.25) is 0 Å². The topological polar surface area (TPSA) is 73.6 Å². The average Bonchev–Trinajstić information content (AvgIpc) is 2.86. The van der Waals surface area contributed by atoms with Crippen LogP contribution in [0, 0.1) is 0 Å². The molecule has 0 radical (unpaired) electrons. The number of aryl methyl sites for hydroxylation is 1. The van der Waals surface area contributed by atoms with Crippen LogP contribution in [-0.4, -0.2) is 33.8 Å². The predicted molar refractivity (Wildman–Crippen MR) is 77.0 cm³/mol. The first-order valence-electron chi connectivity index (χ1n) is 6.71. The Morgan fingerprint density at radius 1 is 1.33 bits per heavy atom. The van der Waals surface area contributed by atoms with E-state index in [4.69, 9.17) is 14.6 Å². The molecule has 0 saturated carbocycles. The molecule has 112 valence electrons. The molecule has 1 aromatic carbocycles. The van der Waals surface area contributed by atoms with E-state index in [9.17, 15) is 4.79 Å². The van der Waals surface area contributed by atoms with Crippen LogP contribution in [0.2, 0.25) is 0 Å². The van der Waals surface area contributed by atoms with Crippen molar-refractivity contribution in [1.29, 1.82) is 0 Å². The van der Waals surface area contributed by atoms with Gasteiger partial charge in [0, 0.05) is 25.9 Å². The summed E-state index contributed by atoms with van der Waals surface area (Å²) < 4.78 is 13.0. The van der Waals surface area contributed by atoms with E-state index in [0.717, 1.165) is 5.82 Å². The highest BCUT2D eigenvalue weighted by Crippen LogP contribution is 2.28. The van der Waals surface area contributed by atoms with Crippen LogP contribution in [0.25, 0.3) is 0 Å². The molecule has 0 bridgehead atoms. The number of rotatable bonds is 7. The number of carboxylic acid groups (broad SMARTS) is 1. The van der Waals surface area contributed by atoms with Crippen molar-refractivity contribution >= 4 is 5.97 Å². The Hall–Kier alpha value is -2.50. The molecule has 2 rings (SSSR count). The summed E-state index contributed by atoms with van der Waals surface area (Å²) in [6, 6.07) is 4.59. The normalized spacial score (nSPS) is 10.4. The lowest BCUT2D eigenvalue weighted by atomic mass is 10.2. The van der Waals surface area contributed by atoms with Gasteiger partial charge in [0.25, 0.3) is 0 Å². The minimum Gasteiger partial charge on any atom is -0.490 e. The number of aromatic nitrogens is 2. The third-order valence-corrected chi connectivity index (χ3v) is 2.99. The molecule has 1 N–H and O–H groups in total. The van der Waals surface area contributed by atoms with Gasteiger partial charge in [-0.3, -0.25) is 0 Å². The maximum absolute atomic E-state index is 11.0. The Bertz CT molecular complexity index is 622. The maximum Gasteiger partial charge on any atom is 0.335 e. The van der Waals surface area contributed by atoms with Gasteiger partial charge >= 0.3 is 5.97 Å². The number of nitrogens with zero attached hydrogens (tertiary/aromatic N) is 2. The minimum absolute atomic E-state index is 0.176. The molecule has 1 aromatic heterocycles. The van der Waals surface area contributed by atoms with Gasteiger partial charge in [-0.25, -0.2) is 9.78 Å². The fourth-order valence-corrected chi connectivity index (χ4v) is 1.92. The third-order valence-electron chi connectivity index (χ3n) is 2.99. The molecule has 0 aliphatic rings. The van der Waals surface area contributed by atoms with Crippen molar-refractivity contribution in [1.82, 2.24) is 9.55 Å². The largest absolute Gasteiger partial charge is 0.490 e. The van der Waals surface area contributed by atoms with E-state index in [2.05, 4.69) is 4.98 Å². The summed E-state index contributed by atoms with van der Waals surface area (Å²) in [7, 11) is 1.93. The van der Waals surface area contributed by atoms with Gasteiger partial charge in [-0.2, -0.15) is 0 Å². The van der Waals surface area contributed by atoms with Gasteiger partial charge in [-0.15, -0.1) is 0 Å². The van der Waals surface area contributed by atoms with Crippen LogP contribution in [0.1, 0.15) is 23.1 Å². The lowest BCUT2D eigenvalue weighted by Crippen LogP contribution is -2.08. The van der Waals surface area contributed by atoms with Crippen LogP contribution < -0.4 is 9.47 Å². The molecular formula is C15H18N2O4. The summed E-state index contributed by atoms with van der Waals surface area (Å²) in [5, 5.41) is 8.99. The van der Waals surface area contributed by atoms with Gasteiger partial charge in [0.15, 0.2) is 11.5 Å². The van der Waals surface area contributed by atoms with Gasteiger partial charge in [-0.05, 0) is 25.1 Å². The second kappa shape index (κ2) is 6.78. The van der Waals surface area contributed by atoms with E-state index >= 15 is 0 Å². The summed E-state index contributed by atoms with van der Waals surface area (Å²) in [6.07, 6.45) is 4.28. The summed E-state index contributed by atoms with van der Waals surface area (Å²) in [4.78, 5) is 15.2. The Kier molecular flexibility index (Phi) is 4.81. The van der Waals surface area contributed by atoms with Crippen LogP contribution in [0.4, 0.5) is 0 Å². The van der Waals surface area contributed by atoms with Crippen molar-refractivity contribution in [2.75, 3.05) is 13.2 Å². The lowest BCUT2D eigenvalue weighted by Gasteiger charge is -2.12. The van der Waals surface area contributed by atoms with E-state index < -0.39 is 5.97 Å². The Morgan fingerprint density at radius 3 is 2.76 bits per heavy atom. The summed E-state index contributed by atoms with van der Waals surface area (Å²) in [6.45, 7) is 2.72. The molecule has 0 fully saturated rings. The van der Waals surface area contributed by atoms with E-state index in [1.54, 1.807) is 12.3 Å². The summed E-state index contributed by atoms with van der Waals surface area (Å²) in [5.41, 5.74) is 0.176. The van der Waals surface area contributed by atoms with Crippen molar-refractivity contribution in [2.45, 2.75) is 13.3 Å². The molecule has 0 atom stereocenters. The van der Waals surface area contributed by atoms with E-state index in [1.807, 2.05) is 24.7 Å². The Morgan fingerprint density at radius 2 is 2.14 bits per heavy atom. The highest BCUT2D eigenvalue weighted by atomic mass is 16.5. The molecular weight excluding hydrogens is 272 g/mol. The lowest BCUT2D eigenvalue weighted by molar-refractivity contribution is 0.0696. The number of imidazole rings is 1. The Balaban J connectivity index is 2.04. The zero-order valence-electron chi connectivity index (χ0n) is 12.1. The van der Waals surface area contributed by atoms with Crippen LogP contribution in [0.3, 0.4) is 0 Å².